The minimum atomic E-state index is -0.244. The number of aromatic nitrogens is 1. The standard InChI is InChI=1S/C26H24N4O2S/c1-17-11-12-19(14-22(17)26(31)30(18(2)27)21-8-5-4-6-9-21)20-15-23(25(32-3)28-16-20)29-24-10-7-13-33-24/h4-16,29H,2,27H2,1,3H3. The number of carbonyl (C=O) groups excluding carboxylic acids is 1. The van der Waals surface area contributed by atoms with Crippen molar-refractivity contribution in [2.45, 2.75) is 6.92 Å². The number of benzene rings is 2. The third-order valence-electron chi connectivity index (χ3n) is 5.13. The van der Waals surface area contributed by atoms with Gasteiger partial charge in [0.2, 0.25) is 5.88 Å². The molecule has 33 heavy (non-hydrogen) atoms. The van der Waals surface area contributed by atoms with Crippen LogP contribution in [0.3, 0.4) is 0 Å². The molecule has 0 unspecified atom stereocenters. The number of thiophene rings is 1. The van der Waals surface area contributed by atoms with E-state index in [9.17, 15) is 4.79 Å². The van der Waals surface area contributed by atoms with Crippen molar-refractivity contribution in [2.24, 2.45) is 5.73 Å². The average molecular weight is 457 g/mol. The van der Waals surface area contributed by atoms with Crippen molar-refractivity contribution in [1.82, 2.24) is 4.98 Å². The summed E-state index contributed by atoms with van der Waals surface area (Å²) in [6, 6.07) is 20.9. The van der Waals surface area contributed by atoms with Crippen LogP contribution >= 0.6 is 11.3 Å². The fraction of sp³-hybridized carbons (Fsp3) is 0.0769. The molecular formula is C26H24N4O2S. The molecule has 4 rings (SSSR count). The van der Waals surface area contributed by atoms with E-state index in [1.54, 1.807) is 24.6 Å². The maximum absolute atomic E-state index is 13.5. The molecule has 0 radical (unpaired) electrons. The fourth-order valence-electron chi connectivity index (χ4n) is 3.49. The first-order valence-corrected chi connectivity index (χ1v) is 11.2. The van der Waals surface area contributed by atoms with E-state index >= 15 is 0 Å². The Bertz CT molecular complexity index is 1290. The molecule has 2 aromatic heterocycles. The van der Waals surface area contributed by atoms with Gasteiger partial charge in [-0.05, 0) is 59.8 Å². The molecule has 7 heteroatoms. The summed E-state index contributed by atoms with van der Waals surface area (Å²) in [4.78, 5) is 19.4. The second-order valence-corrected chi connectivity index (χ2v) is 8.33. The Balaban J connectivity index is 1.73. The molecule has 0 saturated carbocycles. The zero-order valence-corrected chi connectivity index (χ0v) is 19.2. The van der Waals surface area contributed by atoms with Crippen LogP contribution in [0.1, 0.15) is 15.9 Å². The summed E-state index contributed by atoms with van der Waals surface area (Å²) < 4.78 is 5.42. The van der Waals surface area contributed by atoms with Crippen molar-refractivity contribution in [3.8, 4) is 17.0 Å². The van der Waals surface area contributed by atoms with Crippen molar-refractivity contribution >= 4 is 33.6 Å². The fourth-order valence-corrected chi connectivity index (χ4v) is 4.12. The van der Waals surface area contributed by atoms with E-state index in [4.69, 9.17) is 10.5 Å². The Morgan fingerprint density at radius 2 is 1.88 bits per heavy atom. The van der Waals surface area contributed by atoms with Gasteiger partial charge in [0, 0.05) is 17.3 Å². The largest absolute Gasteiger partial charge is 0.480 e. The van der Waals surface area contributed by atoms with Crippen LogP contribution in [0.25, 0.3) is 11.1 Å². The van der Waals surface area contributed by atoms with E-state index in [0.717, 1.165) is 27.4 Å². The number of aryl methyl sites for hydroxylation is 1. The summed E-state index contributed by atoms with van der Waals surface area (Å²) >= 11 is 1.59. The number of methoxy groups -OCH3 is 1. The van der Waals surface area contributed by atoms with Crippen LogP contribution in [-0.2, 0) is 0 Å². The van der Waals surface area contributed by atoms with Crippen LogP contribution in [0.15, 0.2) is 90.7 Å². The number of hydrogen-bond acceptors (Lipinski definition) is 6. The van der Waals surface area contributed by atoms with Crippen molar-refractivity contribution in [3.05, 3.63) is 102 Å². The Kier molecular flexibility index (Phi) is 6.42. The van der Waals surface area contributed by atoms with Gasteiger partial charge < -0.3 is 15.8 Å². The van der Waals surface area contributed by atoms with Gasteiger partial charge in [-0.25, -0.2) is 4.98 Å². The quantitative estimate of drug-likeness (QED) is 0.359. The number of nitrogens with two attached hydrogens (primary N) is 1. The van der Waals surface area contributed by atoms with Crippen molar-refractivity contribution in [1.29, 1.82) is 0 Å². The number of amides is 1. The lowest BCUT2D eigenvalue weighted by atomic mass is 9.99. The highest BCUT2D eigenvalue weighted by atomic mass is 32.1. The molecule has 0 aliphatic heterocycles. The molecule has 0 atom stereocenters. The molecule has 1 amide bonds. The average Bonchev–Trinajstić information content (AvgIpc) is 3.33. The van der Waals surface area contributed by atoms with Crippen LogP contribution in [0.2, 0.25) is 0 Å². The zero-order chi connectivity index (χ0) is 23.4. The summed E-state index contributed by atoms with van der Waals surface area (Å²) in [7, 11) is 1.59. The molecule has 3 N–H and O–H groups in total. The Hall–Kier alpha value is -4.10. The molecule has 2 aromatic carbocycles. The monoisotopic (exact) mass is 456 g/mol. The topological polar surface area (TPSA) is 80.5 Å². The van der Waals surface area contributed by atoms with Crippen molar-refractivity contribution in [3.63, 3.8) is 0 Å². The van der Waals surface area contributed by atoms with Gasteiger partial charge in [-0.1, -0.05) is 36.9 Å². The number of pyridine rings is 1. The number of hydrogen-bond donors (Lipinski definition) is 2. The molecule has 4 aromatic rings. The van der Waals surface area contributed by atoms with Gasteiger partial charge in [-0.3, -0.25) is 9.69 Å². The Morgan fingerprint density at radius 3 is 2.55 bits per heavy atom. The Labute approximate surface area is 197 Å². The van der Waals surface area contributed by atoms with E-state index in [1.807, 2.05) is 79.0 Å². The first-order valence-electron chi connectivity index (χ1n) is 10.3. The van der Waals surface area contributed by atoms with Crippen LogP contribution in [0.4, 0.5) is 16.4 Å². The third-order valence-corrected chi connectivity index (χ3v) is 5.91. The lowest BCUT2D eigenvalue weighted by Crippen LogP contribution is -2.33. The number of para-hydroxylation sites is 1. The smallest absolute Gasteiger partial charge is 0.264 e. The predicted octanol–water partition coefficient (Wildman–Crippen LogP) is 5.95. The SMILES string of the molecule is C=C(N)N(C(=O)c1cc(-c2cnc(OC)c(Nc3cccs3)c2)ccc1C)c1ccccc1. The first kappa shape index (κ1) is 22.1. The minimum absolute atomic E-state index is 0.157. The highest BCUT2D eigenvalue weighted by Crippen LogP contribution is 2.33. The number of nitrogens with one attached hydrogen (secondary N) is 1. The molecule has 166 valence electrons. The van der Waals surface area contributed by atoms with Gasteiger partial charge in [-0.2, -0.15) is 0 Å². The van der Waals surface area contributed by atoms with Crippen LogP contribution < -0.4 is 20.7 Å². The summed E-state index contributed by atoms with van der Waals surface area (Å²) in [6.07, 6.45) is 1.73. The molecule has 0 fully saturated rings. The number of carbonyl (C=O) groups is 1. The molecule has 0 aliphatic carbocycles. The second-order valence-electron chi connectivity index (χ2n) is 7.38. The van der Waals surface area contributed by atoms with Gasteiger partial charge in [0.1, 0.15) is 11.5 Å². The maximum Gasteiger partial charge on any atom is 0.264 e. The number of nitrogens with zero attached hydrogens (tertiary/aromatic N) is 2. The Morgan fingerprint density at radius 1 is 1.09 bits per heavy atom. The molecule has 0 bridgehead atoms. The summed E-state index contributed by atoms with van der Waals surface area (Å²) in [5.41, 5.74) is 10.5. The van der Waals surface area contributed by atoms with E-state index < -0.39 is 0 Å². The predicted molar refractivity (Wildman–Crippen MR) is 135 cm³/mol. The molecule has 0 saturated heterocycles. The first-order chi connectivity index (χ1) is 16.0. The van der Waals surface area contributed by atoms with Gasteiger partial charge in [0.25, 0.3) is 5.91 Å². The summed E-state index contributed by atoms with van der Waals surface area (Å²) in [6.45, 7) is 5.70. The lowest BCUT2D eigenvalue weighted by Gasteiger charge is -2.23. The van der Waals surface area contributed by atoms with Crippen LogP contribution in [0, 0.1) is 6.92 Å². The molecular weight excluding hydrogens is 432 g/mol. The highest BCUT2D eigenvalue weighted by molar-refractivity contribution is 7.14. The van der Waals surface area contributed by atoms with Crippen LogP contribution in [0.5, 0.6) is 5.88 Å². The summed E-state index contributed by atoms with van der Waals surface area (Å²) in [5.74, 6) is 0.404. The molecule has 2 heterocycles. The van der Waals surface area contributed by atoms with E-state index in [0.29, 0.717) is 17.1 Å². The van der Waals surface area contributed by atoms with Gasteiger partial charge in [-0.15, -0.1) is 11.3 Å². The van der Waals surface area contributed by atoms with E-state index in [-0.39, 0.29) is 11.7 Å². The lowest BCUT2D eigenvalue weighted by molar-refractivity contribution is 0.0994. The minimum Gasteiger partial charge on any atom is -0.480 e. The van der Waals surface area contributed by atoms with Gasteiger partial charge in [0.15, 0.2) is 0 Å². The van der Waals surface area contributed by atoms with E-state index in [2.05, 4.69) is 16.9 Å². The third kappa shape index (κ3) is 4.73. The summed E-state index contributed by atoms with van der Waals surface area (Å²) in [5, 5.41) is 6.32. The van der Waals surface area contributed by atoms with Gasteiger partial charge >= 0.3 is 0 Å². The van der Waals surface area contributed by atoms with Crippen LogP contribution in [-0.4, -0.2) is 18.0 Å². The number of ether oxygens (including phenoxy) is 1. The van der Waals surface area contributed by atoms with Gasteiger partial charge in [0.05, 0.1) is 17.8 Å². The molecule has 0 aliphatic rings. The molecule has 0 spiro atoms. The second kappa shape index (κ2) is 9.58. The normalized spacial score (nSPS) is 10.5. The molecule has 6 nitrogen and oxygen atoms in total. The highest BCUT2D eigenvalue weighted by Gasteiger charge is 2.21. The van der Waals surface area contributed by atoms with E-state index in [1.165, 1.54) is 4.90 Å². The van der Waals surface area contributed by atoms with Crippen molar-refractivity contribution in [2.75, 3.05) is 17.3 Å². The number of anilines is 3. The zero-order valence-electron chi connectivity index (χ0n) is 18.4. The maximum atomic E-state index is 13.5. The van der Waals surface area contributed by atoms with Crippen molar-refractivity contribution < 1.29 is 9.53 Å². The number of rotatable bonds is 7.